The molecule has 6 rings (SSSR count). The number of fused-ring (bicyclic) bond motifs is 4. The molecule has 59 heavy (non-hydrogen) atoms. The van der Waals surface area contributed by atoms with Crippen molar-refractivity contribution in [1.29, 1.82) is 0 Å². The van der Waals surface area contributed by atoms with E-state index < -0.39 is 24.5 Å². The van der Waals surface area contributed by atoms with Crippen LogP contribution in [0.1, 0.15) is 16.7 Å². The summed E-state index contributed by atoms with van der Waals surface area (Å²) < 4.78 is 41.7. The molecule has 1 aliphatic carbocycles. The zero-order chi connectivity index (χ0) is 42.2. The largest absolute Gasteiger partial charge is 0.546 e. The molecule has 1 unspecified atom stereocenters. The number of aryl methyl sites for hydroxylation is 1. The molecule has 3 aromatic rings. The van der Waals surface area contributed by atoms with Crippen molar-refractivity contribution in [3.8, 4) is 23.0 Å². The second-order valence-electron chi connectivity index (χ2n) is 14.7. The fourth-order valence-electron chi connectivity index (χ4n) is 7.01. The molecule has 0 radical (unpaired) electrons. The van der Waals surface area contributed by atoms with Gasteiger partial charge in [-0.05, 0) is 55.0 Å². The third-order valence-corrected chi connectivity index (χ3v) is 10.2. The van der Waals surface area contributed by atoms with Crippen molar-refractivity contribution in [2.45, 2.75) is 13.0 Å². The van der Waals surface area contributed by atoms with Crippen LogP contribution in [0, 0.1) is 6.92 Å². The summed E-state index contributed by atoms with van der Waals surface area (Å²) in [6, 6.07) is 15.2. The van der Waals surface area contributed by atoms with E-state index >= 15 is 0 Å². The number of benzene rings is 3. The number of likely N-dealkylation sites (N-methyl/N-ethyl adjacent to an activating group) is 1. The van der Waals surface area contributed by atoms with Crippen LogP contribution < -0.4 is 43.7 Å². The third kappa shape index (κ3) is 10.1. The quantitative estimate of drug-likeness (QED) is 0.296. The molecule has 1 N–H and O–H groups in total. The number of carbonyl (C=O) groups excluding carboxylic acids is 3. The number of esters is 2. The molecule has 2 heterocycles. The van der Waals surface area contributed by atoms with Crippen molar-refractivity contribution in [2.24, 2.45) is 0 Å². The molecule has 0 aromatic heterocycles. The Bertz CT molecular complexity index is 2140. The summed E-state index contributed by atoms with van der Waals surface area (Å²) in [5, 5.41) is 11.9. The number of hydrogen-bond donors (Lipinski definition) is 1. The first-order valence-electron chi connectivity index (χ1n) is 19.4. The van der Waals surface area contributed by atoms with Crippen LogP contribution in [0.2, 0.25) is 0 Å². The number of ether oxygens (including phenoxy) is 7. The lowest BCUT2D eigenvalue weighted by atomic mass is 9.86. The summed E-state index contributed by atoms with van der Waals surface area (Å²) in [5.41, 5.74) is 5.80. The first-order chi connectivity index (χ1) is 28.4. The molecule has 0 saturated carbocycles. The number of hydrogen-bond acceptors (Lipinski definition) is 14. The number of anilines is 3. The number of nitrogens with one attached hydrogen (secondary N) is 1. The SMILES string of the molecule is COC(=O)CN1CCOCCN(CC(=O)OC)c2cc(OCC(=O)[O-])c(C3=C4C=CC([NH+](C)C)C=C4Oc4cc(N(C)C)ccc43)cc2OCCOc2cc(C)ccc21. The highest BCUT2D eigenvalue weighted by molar-refractivity contribution is 5.94. The van der Waals surface area contributed by atoms with Gasteiger partial charge in [-0.1, -0.05) is 6.07 Å². The summed E-state index contributed by atoms with van der Waals surface area (Å²) in [5.74, 6) is 0.0393. The van der Waals surface area contributed by atoms with Gasteiger partial charge in [-0.2, -0.15) is 0 Å². The van der Waals surface area contributed by atoms with Crippen LogP contribution >= 0.6 is 0 Å². The highest BCUT2D eigenvalue weighted by Gasteiger charge is 2.32. The molecule has 0 spiro atoms. The number of carboxylic acid groups (broad SMARTS) is 1. The maximum atomic E-state index is 12.9. The van der Waals surface area contributed by atoms with Gasteiger partial charge in [0.05, 0.1) is 58.9 Å². The molecule has 0 bridgehead atoms. The minimum absolute atomic E-state index is 0.0291. The van der Waals surface area contributed by atoms with Crippen LogP contribution in [-0.2, 0) is 28.6 Å². The molecule has 2 aliphatic heterocycles. The van der Waals surface area contributed by atoms with Crippen molar-refractivity contribution < 1.29 is 57.5 Å². The summed E-state index contributed by atoms with van der Waals surface area (Å²) in [6.07, 6.45) is 6.18. The summed E-state index contributed by atoms with van der Waals surface area (Å²) in [6.45, 7) is 2.10. The average Bonchev–Trinajstić information content (AvgIpc) is 3.22. The normalized spacial score (nSPS) is 16.7. The Labute approximate surface area is 344 Å². The maximum absolute atomic E-state index is 12.9. The van der Waals surface area contributed by atoms with E-state index in [2.05, 4.69) is 26.2 Å². The number of quaternary nitrogens is 1. The van der Waals surface area contributed by atoms with Gasteiger partial charge >= 0.3 is 11.9 Å². The van der Waals surface area contributed by atoms with Crippen molar-refractivity contribution >= 4 is 40.5 Å². The fourth-order valence-corrected chi connectivity index (χ4v) is 7.01. The number of allylic oxidation sites excluding steroid dienone is 1. The number of aliphatic carboxylic acids is 1. The molecule has 0 amide bonds. The summed E-state index contributed by atoms with van der Waals surface area (Å²) in [7, 11) is 10.7. The van der Waals surface area contributed by atoms with Gasteiger partial charge in [0, 0.05) is 73.4 Å². The number of nitrogens with zero attached hydrogens (tertiary/aromatic N) is 3. The van der Waals surface area contributed by atoms with E-state index in [1.54, 1.807) is 17.0 Å². The number of carboxylic acids is 1. The molecular formula is C44H52N4O11. The van der Waals surface area contributed by atoms with E-state index in [1.165, 1.54) is 19.1 Å². The van der Waals surface area contributed by atoms with Crippen LogP contribution in [0.25, 0.3) is 5.57 Å². The molecule has 0 saturated heterocycles. The van der Waals surface area contributed by atoms with Crippen LogP contribution in [0.4, 0.5) is 17.1 Å². The second kappa shape index (κ2) is 19.0. The Hall–Kier alpha value is -6.19. The van der Waals surface area contributed by atoms with Crippen LogP contribution in [-0.4, -0.2) is 126 Å². The van der Waals surface area contributed by atoms with Crippen molar-refractivity contribution in [1.82, 2.24) is 0 Å². The lowest BCUT2D eigenvalue weighted by Gasteiger charge is -2.31. The smallest absolute Gasteiger partial charge is 0.325 e. The van der Waals surface area contributed by atoms with E-state index in [4.69, 9.17) is 33.2 Å². The lowest BCUT2D eigenvalue weighted by molar-refractivity contribution is -0.871. The molecule has 314 valence electrons. The van der Waals surface area contributed by atoms with Gasteiger partial charge in [-0.15, -0.1) is 0 Å². The number of carbonyl (C=O) groups is 3. The Kier molecular flexibility index (Phi) is 13.7. The van der Waals surface area contributed by atoms with E-state index in [-0.39, 0.29) is 57.9 Å². The van der Waals surface area contributed by atoms with Crippen LogP contribution in [0.5, 0.6) is 23.0 Å². The second-order valence-corrected chi connectivity index (χ2v) is 14.7. The van der Waals surface area contributed by atoms with Crippen molar-refractivity contribution in [2.75, 3.05) is 116 Å². The van der Waals surface area contributed by atoms with Gasteiger partial charge in [0.15, 0.2) is 0 Å². The predicted molar refractivity (Wildman–Crippen MR) is 220 cm³/mol. The highest BCUT2D eigenvalue weighted by atomic mass is 16.5. The van der Waals surface area contributed by atoms with Crippen molar-refractivity contribution in [3.05, 3.63) is 94.8 Å². The van der Waals surface area contributed by atoms with Gasteiger partial charge in [0.25, 0.3) is 0 Å². The summed E-state index contributed by atoms with van der Waals surface area (Å²) in [4.78, 5) is 44.1. The average molecular weight is 813 g/mol. The molecular weight excluding hydrogens is 761 g/mol. The fraction of sp³-hybridized carbons (Fsp3) is 0.386. The van der Waals surface area contributed by atoms with Gasteiger partial charge in [-0.25, -0.2) is 0 Å². The van der Waals surface area contributed by atoms with E-state index in [0.29, 0.717) is 46.5 Å². The minimum Gasteiger partial charge on any atom is -0.546 e. The molecule has 1 atom stereocenters. The minimum atomic E-state index is -1.41. The lowest BCUT2D eigenvalue weighted by Crippen LogP contribution is -3.09. The molecule has 3 aromatic carbocycles. The zero-order valence-corrected chi connectivity index (χ0v) is 34.6. The first-order valence-corrected chi connectivity index (χ1v) is 19.4. The highest BCUT2D eigenvalue weighted by Crippen LogP contribution is 2.49. The van der Waals surface area contributed by atoms with Gasteiger partial charge in [0.2, 0.25) is 0 Å². The van der Waals surface area contributed by atoms with Crippen LogP contribution in [0.3, 0.4) is 0 Å². The monoisotopic (exact) mass is 812 g/mol. The summed E-state index contributed by atoms with van der Waals surface area (Å²) >= 11 is 0. The van der Waals surface area contributed by atoms with Gasteiger partial charge < -0.3 is 62.7 Å². The molecule has 0 fully saturated rings. The van der Waals surface area contributed by atoms with Crippen molar-refractivity contribution in [3.63, 3.8) is 0 Å². The maximum Gasteiger partial charge on any atom is 0.325 e. The Morgan fingerprint density at radius 1 is 0.831 bits per heavy atom. The third-order valence-electron chi connectivity index (χ3n) is 10.2. The molecule has 15 heteroatoms. The number of rotatable bonds is 10. The van der Waals surface area contributed by atoms with E-state index in [0.717, 1.165) is 28.0 Å². The Morgan fingerprint density at radius 2 is 1.49 bits per heavy atom. The molecule has 15 nitrogen and oxygen atoms in total. The first kappa shape index (κ1) is 42.4. The number of methoxy groups -OCH3 is 2. The van der Waals surface area contributed by atoms with Gasteiger partial charge in [0.1, 0.15) is 67.7 Å². The topological polar surface area (TPSA) is 153 Å². The standard InChI is InChI=1S/C44H52N4O11/c1-28-8-13-34-39(20-28)56-18-19-57-40-23-33(44-31-11-9-29(45(2)3)21-37(31)59-38-22-30(46(4)5)10-12-32(38)44)36(58-27-41(49)50)24-35(40)48(26-43(52)54-7)15-17-55-16-14-47(34)25-42(51)53-6/h8-13,20-24,29H,14-19,25-27H2,1-7H3,(H,49,50). The zero-order valence-electron chi connectivity index (χ0n) is 34.6. The van der Waals surface area contributed by atoms with E-state index in [9.17, 15) is 19.5 Å². The van der Waals surface area contributed by atoms with Crippen LogP contribution in [0.15, 0.2) is 78.1 Å². The Balaban J connectivity index is 1.51. The molecule has 3 aliphatic rings. The van der Waals surface area contributed by atoms with Gasteiger partial charge in [-0.3, -0.25) is 9.59 Å². The predicted octanol–water partition coefficient (Wildman–Crippen LogP) is 1.80. The Morgan fingerprint density at radius 3 is 2.12 bits per heavy atom. The van der Waals surface area contributed by atoms with E-state index in [1.807, 2.05) is 73.3 Å².